The second kappa shape index (κ2) is 9.70. The second-order valence-corrected chi connectivity index (χ2v) is 7.97. The molecule has 2 N–H and O–H groups in total. The molecule has 166 valence electrons. The Morgan fingerprint density at radius 3 is 2.45 bits per heavy atom. The number of nitrogens with zero attached hydrogens (tertiary/aromatic N) is 2. The summed E-state index contributed by atoms with van der Waals surface area (Å²) in [5, 5.41) is 14.8. The van der Waals surface area contributed by atoms with Gasteiger partial charge in [-0.05, 0) is 36.4 Å². The van der Waals surface area contributed by atoms with E-state index in [0.717, 1.165) is 15.4 Å². The number of pyridine rings is 1. The largest absolute Gasteiger partial charge is 0.502 e. The third kappa shape index (κ3) is 4.80. The van der Waals surface area contributed by atoms with Crippen molar-refractivity contribution in [3.05, 3.63) is 82.3 Å². The number of phenolic OH excluding ortho intramolecular Hbond substituents is 1. The number of hydrazone groups is 1. The Hall–Kier alpha value is -3.91. The summed E-state index contributed by atoms with van der Waals surface area (Å²) < 4.78 is 11.2. The number of aromatic hydroxyl groups is 1. The zero-order valence-electron chi connectivity index (χ0n) is 17.9. The smallest absolute Gasteiger partial charge is 0.272 e. The van der Waals surface area contributed by atoms with Crippen LogP contribution in [0.4, 0.5) is 0 Å². The minimum Gasteiger partial charge on any atom is -0.502 e. The molecule has 0 saturated heterocycles. The van der Waals surface area contributed by atoms with E-state index in [4.69, 9.17) is 14.5 Å². The molecule has 1 amide bonds. The van der Waals surface area contributed by atoms with E-state index < -0.39 is 0 Å². The summed E-state index contributed by atoms with van der Waals surface area (Å²) >= 11 is 3.48. The van der Waals surface area contributed by atoms with Gasteiger partial charge < -0.3 is 14.6 Å². The van der Waals surface area contributed by atoms with E-state index in [2.05, 4.69) is 26.5 Å². The molecule has 0 aliphatic rings. The van der Waals surface area contributed by atoms with Crippen molar-refractivity contribution >= 4 is 39.0 Å². The number of para-hydroxylation sites is 1. The number of rotatable bonds is 6. The van der Waals surface area contributed by atoms with E-state index in [-0.39, 0.29) is 23.2 Å². The van der Waals surface area contributed by atoms with Crippen LogP contribution in [0.15, 0.2) is 76.3 Å². The fourth-order valence-electron chi connectivity index (χ4n) is 3.37. The van der Waals surface area contributed by atoms with Gasteiger partial charge in [-0.15, -0.1) is 0 Å². The summed E-state index contributed by atoms with van der Waals surface area (Å²) in [5.41, 5.74) is 5.87. The van der Waals surface area contributed by atoms with Crippen molar-refractivity contribution in [2.24, 2.45) is 5.10 Å². The first kappa shape index (κ1) is 22.3. The maximum atomic E-state index is 13.0. The lowest BCUT2D eigenvalue weighted by atomic mass is 10.0. The van der Waals surface area contributed by atoms with Gasteiger partial charge >= 0.3 is 0 Å². The van der Waals surface area contributed by atoms with Crippen molar-refractivity contribution in [2.75, 3.05) is 14.2 Å². The van der Waals surface area contributed by atoms with E-state index in [1.165, 1.54) is 20.4 Å². The number of methoxy groups -OCH3 is 2. The Balaban J connectivity index is 1.66. The summed E-state index contributed by atoms with van der Waals surface area (Å²) in [5.74, 6) is -0.00911. The van der Waals surface area contributed by atoms with E-state index >= 15 is 0 Å². The van der Waals surface area contributed by atoms with Gasteiger partial charge in [0, 0.05) is 21.0 Å². The van der Waals surface area contributed by atoms with Crippen molar-refractivity contribution in [1.82, 2.24) is 10.4 Å². The molecule has 1 aromatic heterocycles. The number of amides is 1. The van der Waals surface area contributed by atoms with Gasteiger partial charge in [-0.1, -0.05) is 46.3 Å². The van der Waals surface area contributed by atoms with Crippen molar-refractivity contribution in [3.8, 4) is 28.5 Å². The highest BCUT2D eigenvalue weighted by Crippen LogP contribution is 2.36. The van der Waals surface area contributed by atoms with Crippen molar-refractivity contribution in [1.29, 1.82) is 0 Å². The van der Waals surface area contributed by atoms with Crippen LogP contribution >= 0.6 is 15.9 Å². The Labute approximate surface area is 198 Å². The highest BCUT2D eigenvalue weighted by molar-refractivity contribution is 9.10. The van der Waals surface area contributed by atoms with Crippen LogP contribution in [-0.4, -0.2) is 36.4 Å². The first-order valence-corrected chi connectivity index (χ1v) is 10.7. The van der Waals surface area contributed by atoms with Crippen LogP contribution < -0.4 is 14.9 Å². The molecule has 0 atom stereocenters. The zero-order chi connectivity index (χ0) is 23.4. The lowest BCUT2D eigenvalue weighted by molar-refractivity contribution is 0.0956. The van der Waals surface area contributed by atoms with Crippen molar-refractivity contribution < 1.29 is 19.4 Å². The normalized spacial score (nSPS) is 11.0. The van der Waals surface area contributed by atoms with E-state index in [1.807, 2.05) is 48.5 Å². The second-order valence-electron chi connectivity index (χ2n) is 7.06. The molecule has 7 nitrogen and oxygen atoms in total. The van der Waals surface area contributed by atoms with Crippen LogP contribution in [0.5, 0.6) is 17.2 Å². The van der Waals surface area contributed by atoms with Crippen molar-refractivity contribution in [3.63, 3.8) is 0 Å². The van der Waals surface area contributed by atoms with E-state index in [9.17, 15) is 9.90 Å². The fraction of sp³-hybridized carbons (Fsp3) is 0.0800. The molecule has 0 saturated carbocycles. The molecule has 0 spiro atoms. The standard InChI is InChI=1S/C25H20BrN3O4/c1-32-22-10-15(11-23(33-2)24(22)30)14-27-29-25(31)19-13-21(16-6-5-7-17(26)12-16)28-20-9-4-3-8-18(19)20/h3-14,30H,1-2H3,(H,29,31)/b27-14+. The van der Waals surface area contributed by atoms with Gasteiger partial charge in [0.2, 0.25) is 5.75 Å². The molecule has 0 aliphatic carbocycles. The van der Waals surface area contributed by atoms with Gasteiger partial charge in [0.15, 0.2) is 11.5 Å². The summed E-state index contributed by atoms with van der Waals surface area (Å²) in [6, 6.07) is 20.1. The first-order valence-electron chi connectivity index (χ1n) is 9.94. The number of halogens is 1. The molecule has 4 aromatic rings. The number of hydrogen-bond donors (Lipinski definition) is 2. The molecule has 0 unspecified atom stereocenters. The number of carbonyl (C=O) groups excluding carboxylic acids is 1. The molecule has 0 fully saturated rings. The number of phenols is 1. The predicted octanol–water partition coefficient (Wildman–Crippen LogP) is 5.15. The topological polar surface area (TPSA) is 93.0 Å². The molecule has 0 bridgehead atoms. The molecular weight excluding hydrogens is 486 g/mol. The van der Waals surface area contributed by atoms with E-state index in [1.54, 1.807) is 18.2 Å². The van der Waals surface area contributed by atoms with Gasteiger partial charge in [-0.2, -0.15) is 5.10 Å². The number of carbonyl (C=O) groups is 1. The van der Waals surface area contributed by atoms with Crippen LogP contribution in [0.25, 0.3) is 22.2 Å². The fourth-order valence-corrected chi connectivity index (χ4v) is 3.77. The Morgan fingerprint density at radius 1 is 1.03 bits per heavy atom. The maximum absolute atomic E-state index is 13.0. The Bertz CT molecular complexity index is 1350. The number of ether oxygens (including phenoxy) is 2. The van der Waals surface area contributed by atoms with Gasteiger partial charge in [0.1, 0.15) is 0 Å². The van der Waals surface area contributed by atoms with E-state index in [0.29, 0.717) is 22.3 Å². The summed E-state index contributed by atoms with van der Waals surface area (Å²) in [6.07, 6.45) is 1.45. The molecular formula is C25H20BrN3O4. The molecule has 0 radical (unpaired) electrons. The zero-order valence-corrected chi connectivity index (χ0v) is 19.5. The average Bonchev–Trinajstić information content (AvgIpc) is 2.84. The van der Waals surface area contributed by atoms with Gasteiger partial charge in [0.25, 0.3) is 5.91 Å². The minimum atomic E-state index is -0.376. The Kier molecular flexibility index (Phi) is 6.55. The van der Waals surface area contributed by atoms with Gasteiger partial charge in [0.05, 0.1) is 37.2 Å². The molecule has 8 heteroatoms. The van der Waals surface area contributed by atoms with Gasteiger partial charge in [-0.3, -0.25) is 4.79 Å². The van der Waals surface area contributed by atoms with Gasteiger partial charge in [-0.25, -0.2) is 10.4 Å². The number of aromatic nitrogens is 1. The molecule has 0 aliphatic heterocycles. The number of benzene rings is 3. The predicted molar refractivity (Wildman–Crippen MR) is 131 cm³/mol. The highest BCUT2D eigenvalue weighted by atomic mass is 79.9. The van der Waals surface area contributed by atoms with Crippen LogP contribution in [-0.2, 0) is 0 Å². The van der Waals surface area contributed by atoms with Crippen LogP contribution in [0.3, 0.4) is 0 Å². The number of nitrogens with one attached hydrogen (secondary N) is 1. The summed E-state index contributed by atoms with van der Waals surface area (Å²) in [4.78, 5) is 17.8. The number of fused-ring (bicyclic) bond motifs is 1. The summed E-state index contributed by atoms with van der Waals surface area (Å²) in [6.45, 7) is 0. The van der Waals surface area contributed by atoms with Crippen LogP contribution in [0, 0.1) is 0 Å². The molecule has 4 rings (SSSR count). The first-order chi connectivity index (χ1) is 16.0. The summed E-state index contributed by atoms with van der Waals surface area (Å²) in [7, 11) is 2.88. The highest BCUT2D eigenvalue weighted by Gasteiger charge is 2.14. The average molecular weight is 506 g/mol. The third-order valence-corrected chi connectivity index (χ3v) is 5.46. The molecule has 33 heavy (non-hydrogen) atoms. The SMILES string of the molecule is COc1cc(/C=N/NC(=O)c2cc(-c3cccc(Br)c3)nc3ccccc23)cc(OC)c1O. The lowest BCUT2D eigenvalue weighted by Crippen LogP contribution is -2.18. The maximum Gasteiger partial charge on any atom is 0.272 e. The molecule has 3 aromatic carbocycles. The minimum absolute atomic E-state index is 0.107. The molecule has 1 heterocycles. The van der Waals surface area contributed by atoms with Crippen LogP contribution in [0.2, 0.25) is 0 Å². The number of hydrogen-bond acceptors (Lipinski definition) is 6. The van der Waals surface area contributed by atoms with Crippen LogP contribution in [0.1, 0.15) is 15.9 Å². The Morgan fingerprint density at radius 2 is 1.76 bits per heavy atom. The van der Waals surface area contributed by atoms with Crippen molar-refractivity contribution in [2.45, 2.75) is 0 Å². The monoisotopic (exact) mass is 505 g/mol. The third-order valence-electron chi connectivity index (χ3n) is 4.96. The quantitative estimate of drug-likeness (QED) is 0.279. The lowest BCUT2D eigenvalue weighted by Gasteiger charge is -2.10.